The van der Waals surface area contributed by atoms with Crippen molar-refractivity contribution in [3.8, 4) is 11.9 Å². The summed E-state index contributed by atoms with van der Waals surface area (Å²) >= 11 is 0. The highest BCUT2D eigenvalue weighted by Gasteiger charge is 2.26. The Morgan fingerprint density at radius 2 is 1.90 bits per heavy atom. The van der Waals surface area contributed by atoms with Gasteiger partial charge in [-0.1, -0.05) is 13.8 Å². The number of carbonyl (C=O) groups is 2. The van der Waals surface area contributed by atoms with Crippen LogP contribution in [0.15, 0.2) is 18.3 Å². The molecule has 8 nitrogen and oxygen atoms in total. The fraction of sp³-hybridized carbons (Fsp3) is 0.636. The van der Waals surface area contributed by atoms with Crippen molar-refractivity contribution in [2.24, 2.45) is 5.92 Å². The zero-order valence-corrected chi connectivity index (χ0v) is 18.2. The van der Waals surface area contributed by atoms with Crippen LogP contribution in [0.3, 0.4) is 0 Å². The normalized spacial score (nSPS) is 19.6. The smallest absolute Gasteiger partial charge is 0.315 e. The van der Waals surface area contributed by atoms with E-state index < -0.39 is 0 Å². The van der Waals surface area contributed by atoms with Crippen LogP contribution in [0.25, 0.3) is 0 Å². The lowest BCUT2D eigenvalue weighted by Crippen LogP contribution is -2.49. The van der Waals surface area contributed by atoms with Crippen LogP contribution in [0, 0.1) is 17.2 Å². The molecule has 1 fully saturated rings. The average Bonchev–Trinajstić information content (AvgIpc) is 2.69. The molecule has 0 saturated heterocycles. The SMILES string of the molecule is CC(C)OC(=O)CC(NC(=O)NC1CCC(Oc2ccc(C#N)cn2)CC1)C(C)C. The topological polar surface area (TPSA) is 113 Å². The zero-order chi connectivity index (χ0) is 22.1. The van der Waals surface area contributed by atoms with Gasteiger partial charge >= 0.3 is 12.0 Å². The molecule has 1 aromatic heterocycles. The van der Waals surface area contributed by atoms with Crippen molar-refractivity contribution in [2.75, 3.05) is 0 Å². The van der Waals surface area contributed by atoms with Crippen LogP contribution in [-0.2, 0) is 9.53 Å². The van der Waals surface area contributed by atoms with Crippen molar-refractivity contribution in [2.45, 2.75) is 84.1 Å². The first kappa shape index (κ1) is 23.5. The molecule has 2 N–H and O–H groups in total. The number of aromatic nitrogens is 1. The lowest BCUT2D eigenvalue weighted by Gasteiger charge is -2.30. The van der Waals surface area contributed by atoms with Crippen LogP contribution in [0.5, 0.6) is 5.88 Å². The Morgan fingerprint density at radius 3 is 2.43 bits per heavy atom. The quantitative estimate of drug-likeness (QED) is 0.629. The monoisotopic (exact) mass is 416 g/mol. The van der Waals surface area contributed by atoms with Gasteiger partial charge in [-0.3, -0.25) is 4.79 Å². The van der Waals surface area contributed by atoms with E-state index >= 15 is 0 Å². The van der Waals surface area contributed by atoms with Crippen LogP contribution in [0.2, 0.25) is 0 Å². The van der Waals surface area contributed by atoms with Gasteiger partial charge in [0.15, 0.2) is 0 Å². The van der Waals surface area contributed by atoms with Gasteiger partial charge in [-0.2, -0.15) is 5.26 Å². The van der Waals surface area contributed by atoms with Crippen LogP contribution in [0.1, 0.15) is 65.4 Å². The Balaban J connectivity index is 1.75. The van der Waals surface area contributed by atoms with Gasteiger partial charge in [-0.15, -0.1) is 0 Å². The Morgan fingerprint density at radius 1 is 1.20 bits per heavy atom. The van der Waals surface area contributed by atoms with E-state index in [2.05, 4.69) is 15.6 Å². The van der Waals surface area contributed by atoms with Crippen LogP contribution in [-0.4, -0.2) is 41.3 Å². The Hall–Kier alpha value is -2.82. The molecule has 1 aliphatic carbocycles. The third-order valence-corrected chi connectivity index (χ3v) is 5.04. The van der Waals surface area contributed by atoms with E-state index in [1.807, 2.05) is 19.9 Å². The first-order valence-electron chi connectivity index (χ1n) is 10.6. The second-order valence-electron chi connectivity index (χ2n) is 8.30. The predicted molar refractivity (Wildman–Crippen MR) is 112 cm³/mol. The minimum absolute atomic E-state index is 0.0424. The summed E-state index contributed by atoms with van der Waals surface area (Å²) < 4.78 is 11.1. The molecule has 0 aliphatic heterocycles. The Labute approximate surface area is 178 Å². The average molecular weight is 417 g/mol. The molecule has 0 bridgehead atoms. The number of nitrogens with one attached hydrogen (secondary N) is 2. The highest BCUT2D eigenvalue weighted by molar-refractivity contribution is 5.76. The van der Waals surface area contributed by atoms with Crippen molar-refractivity contribution < 1.29 is 19.1 Å². The molecule has 164 valence electrons. The van der Waals surface area contributed by atoms with Gasteiger partial charge in [0.1, 0.15) is 12.2 Å². The third kappa shape index (κ3) is 7.90. The van der Waals surface area contributed by atoms with Crippen molar-refractivity contribution in [1.82, 2.24) is 15.6 Å². The lowest BCUT2D eigenvalue weighted by atomic mass is 9.93. The fourth-order valence-corrected chi connectivity index (χ4v) is 3.35. The molecule has 30 heavy (non-hydrogen) atoms. The Bertz CT molecular complexity index is 734. The molecular formula is C22H32N4O4. The van der Waals surface area contributed by atoms with Crippen molar-refractivity contribution in [3.05, 3.63) is 23.9 Å². The second-order valence-corrected chi connectivity index (χ2v) is 8.30. The van der Waals surface area contributed by atoms with Gasteiger partial charge < -0.3 is 20.1 Å². The van der Waals surface area contributed by atoms with E-state index in [1.54, 1.807) is 26.0 Å². The van der Waals surface area contributed by atoms with Gasteiger partial charge in [-0.25, -0.2) is 9.78 Å². The molecule has 2 rings (SSSR count). The number of amides is 2. The first-order chi connectivity index (χ1) is 14.3. The highest BCUT2D eigenvalue weighted by Crippen LogP contribution is 2.23. The maximum atomic E-state index is 12.4. The van der Waals surface area contributed by atoms with E-state index in [4.69, 9.17) is 14.7 Å². The minimum Gasteiger partial charge on any atom is -0.474 e. The molecule has 0 radical (unpaired) electrons. The number of esters is 1. The van der Waals surface area contributed by atoms with E-state index in [9.17, 15) is 9.59 Å². The summed E-state index contributed by atoms with van der Waals surface area (Å²) in [5.74, 6) is 0.314. The number of urea groups is 1. The molecule has 1 atom stereocenters. The van der Waals surface area contributed by atoms with E-state index in [-0.39, 0.29) is 48.6 Å². The highest BCUT2D eigenvalue weighted by atomic mass is 16.5. The molecule has 1 saturated carbocycles. The number of hydrogen-bond donors (Lipinski definition) is 2. The second kappa shape index (κ2) is 11.4. The number of nitrogens with zero attached hydrogens (tertiary/aromatic N) is 2. The number of hydrogen-bond acceptors (Lipinski definition) is 6. The molecule has 1 aromatic rings. The molecule has 0 spiro atoms. The van der Waals surface area contributed by atoms with Crippen LogP contribution < -0.4 is 15.4 Å². The predicted octanol–water partition coefficient (Wildman–Crippen LogP) is 3.31. The fourth-order valence-electron chi connectivity index (χ4n) is 3.35. The van der Waals surface area contributed by atoms with Gasteiger partial charge in [-0.05, 0) is 51.5 Å². The van der Waals surface area contributed by atoms with Crippen LogP contribution in [0.4, 0.5) is 4.79 Å². The summed E-state index contributed by atoms with van der Waals surface area (Å²) in [6.45, 7) is 7.54. The number of carbonyl (C=O) groups excluding carboxylic acids is 2. The molecule has 1 aliphatic rings. The summed E-state index contributed by atoms with van der Waals surface area (Å²) in [5, 5.41) is 14.7. The molecule has 0 aromatic carbocycles. The zero-order valence-electron chi connectivity index (χ0n) is 18.2. The largest absolute Gasteiger partial charge is 0.474 e. The summed E-state index contributed by atoms with van der Waals surface area (Å²) in [7, 11) is 0. The summed E-state index contributed by atoms with van der Waals surface area (Å²) in [6, 6.07) is 4.94. The molecule has 8 heteroatoms. The number of nitriles is 1. The van der Waals surface area contributed by atoms with E-state index in [0.29, 0.717) is 11.4 Å². The maximum Gasteiger partial charge on any atom is 0.315 e. The van der Waals surface area contributed by atoms with Crippen LogP contribution >= 0.6 is 0 Å². The van der Waals surface area contributed by atoms with E-state index in [0.717, 1.165) is 25.7 Å². The number of rotatable bonds is 8. The van der Waals surface area contributed by atoms with Gasteiger partial charge in [0, 0.05) is 24.3 Å². The molecule has 1 unspecified atom stereocenters. The molecule has 1 heterocycles. The standard InChI is InChI=1S/C22H32N4O4/c1-14(2)19(11-21(27)29-15(3)4)26-22(28)25-17-6-8-18(9-7-17)30-20-10-5-16(12-23)13-24-20/h5,10,13-15,17-19H,6-9,11H2,1-4H3,(H2,25,26,28). The number of ether oxygens (including phenoxy) is 2. The Kier molecular flexibility index (Phi) is 8.90. The maximum absolute atomic E-state index is 12.4. The third-order valence-electron chi connectivity index (χ3n) is 5.04. The van der Waals surface area contributed by atoms with E-state index in [1.165, 1.54) is 6.20 Å². The van der Waals surface area contributed by atoms with Gasteiger partial charge in [0.25, 0.3) is 0 Å². The summed E-state index contributed by atoms with van der Waals surface area (Å²) in [5.41, 5.74) is 0.499. The minimum atomic E-state index is -0.307. The van der Waals surface area contributed by atoms with Gasteiger partial charge in [0.2, 0.25) is 5.88 Å². The van der Waals surface area contributed by atoms with Crippen molar-refractivity contribution >= 4 is 12.0 Å². The van der Waals surface area contributed by atoms with Crippen molar-refractivity contribution in [3.63, 3.8) is 0 Å². The van der Waals surface area contributed by atoms with Crippen molar-refractivity contribution in [1.29, 1.82) is 5.26 Å². The lowest BCUT2D eigenvalue weighted by molar-refractivity contribution is -0.148. The van der Waals surface area contributed by atoms with Gasteiger partial charge in [0.05, 0.1) is 18.1 Å². The molecule has 2 amide bonds. The molecular weight excluding hydrogens is 384 g/mol. The summed E-state index contributed by atoms with van der Waals surface area (Å²) in [6.07, 6.45) is 4.74. The first-order valence-corrected chi connectivity index (χ1v) is 10.6. The number of pyridine rings is 1. The summed E-state index contributed by atoms with van der Waals surface area (Å²) in [4.78, 5) is 28.5.